The Labute approximate surface area is 76.5 Å². The van der Waals surface area contributed by atoms with Gasteiger partial charge in [-0.05, 0) is 12.1 Å². The summed E-state index contributed by atoms with van der Waals surface area (Å²) in [5.74, 6) is 1.98. The number of benzene rings is 1. The summed E-state index contributed by atoms with van der Waals surface area (Å²) in [7, 11) is 3.79. The second kappa shape index (κ2) is 2.90. The molecule has 0 saturated carbocycles. The van der Waals surface area contributed by atoms with Crippen LogP contribution in [-0.2, 0) is 0 Å². The molecule has 2 rings (SSSR count). The molecule has 1 heterocycles. The van der Waals surface area contributed by atoms with E-state index in [2.05, 4.69) is 24.1 Å². The Kier molecular flexibility index (Phi) is 1.89. The van der Waals surface area contributed by atoms with Crippen LogP contribution >= 0.6 is 11.8 Å². The molecule has 1 aromatic rings. The lowest BCUT2D eigenvalue weighted by molar-refractivity contribution is 0.414. The molecule has 2 nitrogen and oxygen atoms in total. The van der Waals surface area contributed by atoms with E-state index in [1.807, 2.05) is 17.8 Å². The van der Waals surface area contributed by atoms with Crippen molar-refractivity contribution < 1.29 is 4.74 Å². The van der Waals surface area contributed by atoms with Gasteiger partial charge in [-0.3, -0.25) is 0 Å². The van der Waals surface area contributed by atoms with E-state index < -0.39 is 0 Å². The van der Waals surface area contributed by atoms with Crippen LogP contribution in [0.2, 0.25) is 0 Å². The molecule has 0 unspecified atom stereocenters. The maximum atomic E-state index is 5.15. The van der Waals surface area contributed by atoms with Crippen molar-refractivity contribution in [3.63, 3.8) is 0 Å². The van der Waals surface area contributed by atoms with Crippen LogP contribution in [0.4, 0.5) is 5.69 Å². The maximum Gasteiger partial charge on any atom is 0.121 e. The Bertz CT molecular complexity index is 301. The number of rotatable bonds is 1. The van der Waals surface area contributed by atoms with Crippen molar-refractivity contribution in [2.24, 2.45) is 0 Å². The van der Waals surface area contributed by atoms with Crippen LogP contribution in [0.1, 0.15) is 0 Å². The number of thioether (sulfide) groups is 1. The van der Waals surface area contributed by atoms with Crippen LogP contribution in [0.3, 0.4) is 0 Å². The zero-order valence-corrected chi connectivity index (χ0v) is 8.02. The molecule has 12 heavy (non-hydrogen) atoms. The number of fused-ring (bicyclic) bond motifs is 1. The molecule has 64 valence electrons. The van der Waals surface area contributed by atoms with Gasteiger partial charge in [0.25, 0.3) is 0 Å². The van der Waals surface area contributed by atoms with Gasteiger partial charge in [0.05, 0.1) is 18.7 Å². The smallest absolute Gasteiger partial charge is 0.121 e. The van der Waals surface area contributed by atoms with Gasteiger partial charge in [0.15, 0.2) is 0 Å². The van der Waals surface area contributed by atoms with E-state index in [-0.39, 0.29) is 0 Å². The van der Waals surface area contributed by atoms with Crippen LogP contribution in [0.25, 0.3) is 0 Å². The normalized spacial score (nSPS) is 14.7. The minimum absolute atomic E-state index is 0.933. The minimum Gasteiger partial charge on any atom is -0.497 e. The Morgan fingerprint density at radius 3 is 3.08 bits per heavy atom. The fraction of sp³-hybridized carbons (Fsp3) is 0.333. The Morgan fingerprint density at radius 1 is 1.50 bits per heavy atom. The van der Waals surface area contributed by atoms with Gasteiger partial charge in [-0.1, -0.05) is 0 Å². The quantitative estimate of drug-likeness (QED) is 0.659. The minimum atomic E-state index is 0.933. The summed E-state index contributed by atoms with van der Waals surface area (Å²) >= 11 is 1.87. The lowest BCUT2D eigenvalue weighted by atomic mass is 10.3. The van der Waals surface area contributed by atoms with E-state index in [4.69, 9.17) is 4.74 Å². The largest absolute Gasteiger partial charge is 0.497 e. The van der Waals surface area contributed by atoms with E-state index in [0.29, 0.717) is 0 Å². The molecule has 1 aromatic carbocycles. The van der Waals surface area contributed by atoms with E-state index in [0.717, 1.165) is 11.6 Å². The first-order chi connectivity index (χ1) is 5.81. The molecule has 0 saturated heterocycles. The SMILES string of the molecule is COc1ccc2c(c1)N(C)CS2. The van der Waals surface area contributed by atoms with Crippen molar-refractivity contribution in [3.05, 3.63) is 18.2 Å². The van der Waals surface area contributed by atoms with Gasteiger partial charge in [0, 0.05) is 18.0 Å². The van der Waals surface area contributed by atoms with Crippen molar-refractivity contribution in [1.29, 1.82) is 0 Å². The standard InChI is InChI=1S/C9H11NOS/c1-10-6-12-9-4-3-7(11-2)5-8(9)10/h3-5H,6H2,1-2H3. The van der Waals surface area contributed by atoms with Crippen LogP contribution in [-0.4, -0.2) is 20.0 Å². The first-order valence-electron chi connectivity index (χ1n) is 3.83. The highest BCUT2D eigenvalue weighted by molar-refractivity contribution is 7.99. The van der Waals surface area contributed by atoms with E-state index in [1.165, 1.54) is 10.6 Å². The lowest BCUT2D eigenvalue weighted by Gasteiger charge is -2.11. The van der Waals surface area contributed by atoms with Gasteiger partial charge in [-0.25, -0.2) is 0 Å². The molecule has 0 bridgehead atoms. The number of methoxy groups -OCH3 is 1. The first-order valence-corrected chi connectivity index (χ1v) is 4.82. The second-order valence-electron chi connectivity index (χ2n) is 2.81. The molecule has 1 aliphatic heterocycles. The summed E-state index contributed by atoms with van der Waals surface area (Å²) in [6.45, 7) is 0. The van der Waals surface area contributed by atoms with Gasteiger partial charge >= 0.3 is 0 Å². The molecule has 0 atom stereocenters. The molecule has 0 N–H and O–H groups in total. The van der Waals surface area contributed by atoms with Crippen molar-refractivity contribution in [2.75, 3.05) is 24.9 Å². The van der Waals surface area contributed by atoms with Crippen LogP contribution < -0.4 is 9.64 Å². The molecular weight excluding hydrogens is 170 g/mol. The zero-order valence-electron chi connectivity index (χ0n) is 7.20. The molecule has 0 radical (unpaired) electrons. The van der Waals surface area contributed by atoms with Crippen molar-refractivity contribution in [3.8, 4) is 5.75 Å². The zero-order chi connectivity index (χ0) is 8.55. The number of nitrogens with zero attached hydrogens (tertiary/aromatic N) is 1. The molecule has 0 fully saturated rings. The van der Waals surface area contributed by atoms with Crippen LogP contribution in [0.5, 0.6) is 5.75 Å². The van der Waals surface area contributed by atoms with Crippen LogP contribution in [0, 0.1) is 0 Å². The number of ether oxygens (including phenoxy) is 1. The van der Waals surface area contributed by atoms with Gasteiger partial charge in [0.2, 0.25) is 0 Å². The Hall–Kier alpha value is -0.830. The lowest BCUT2D eigenvalue weighted by Crippen LogP contribution is -2.10. The third kappa shape index (κ3) is 1.14. The Morgan fingerprint density at radius 2 is 2.33 bits per heavy atom. The number of hydrogen-bond donors (Lipinski definition) is 0. The highest BCUT2D eigenvalue weighted by atomic mass is 32.2. The van der Waals surface area contributed by atoms with Gasteiger partial charge in [-0.15, -0.1) is 11.8 Å². The molecule has 0 aromatic heterocycles. The topological polar surface area (TPSA) is 12.5 Å². The number of hydrogen-bond acceptors (Lipinski definition) is 3. The van der Waals surface area contributed by atoms with Gasteiger partial charge in [-0.2, -0.15) is 0 Å². The third-order valence-electron chi connectivity index (χ3n) is 1.99. The molecule has 1 aliphatic rings. The number of anilines is 1. The summed E-state index contributed by atoms with van der Waals surface area (Å²) < 4.78 is 5.15. The average molecular weight is 181 g/mol. The molecule has 0 amide bonds. The van der Waals surface area contributed by atoms with E-state index in [1.54, 1.807) is 7.11 Å². The van der Waals surface area contributed by atoms with Crippen molar-refractivity contribution in [2.45, 2.75) is 4.90 Å². The van der Waals surface area contributed by atoms with Crippen LogP contribution in [0.15, 0.2) is 23.1 Å². The maximum absolute atomic E-state index is 5.15. The van der Waals surface area contributed by atoms with E-state index in [9.17, 15) is 0 Å². The highest BCUT2D eigenvalue weighted by Crippen LogP contribution is 2.39. The van der Waals surface area contributed by atoms with Crippen molar-refractivity contribution in [1.82, 2.24) is 0 Å². The molecular formula is C9H11NOS. The summed E-state index contributed by atoms with van der Waals surface area (Å²) in [6.07, 6.45) is 0. The van der Waals surface area contributed by atoms with Crippen molar-refractivity contribution >= 4 is 17.4 Å². The predicted octanol–water partition coefficient (Wildman–Crippen LogP) is 2.19. The molecule has 3 heteroatoms. The predicted molar refractivity (Wildman–Crippen MR) is 52.1 cm³/mol. The summed E-state index contributed by atoms with van der Waals surface area (Å²) in [5.41, 5.74) is 1.28. The average Bonchev–Trinajstić information content (AvgIpc) is 2.47. The van der Waals surface area contributed by atoms with Gasteiger partial charge < -0.3 is 9.64 Å². The fourth-order valence-electron chi connectivity index (χ4n) is 1.28. The van der Waals surface area contributed by atoms with Gasteiger partial charge in [0.1, 0.15) is 5.75 Å². The summed E-state index contributed by atoms with van der Waals surface area (Å²) in [4.78, 5) is 3.57. The third-order valence-corrected chi connectivity index (χ3v) is 3.16. The molecule has 0 spiro atoms. The van der Waals surface area contributed by atoms with E-state index >= 15 is 0 Å². The molecule has 0 aliphatic carbocycles. The summed E-state index contributed by atoms with van der Waals surface area (Å²) in [6, 6.07) is 6.20. The first kappa shape index (κ1) is 7.80. The summed E-state index contributed by atoms with van der Waals surface area (Å²) in [5, 5.41) is 0. The Balaban J connectivity index is 2.43. The monoisotopic (exact) mass is 181 g/mol. The fourth-order valence-corrected chi connectivity index (χ4v) is 2.28. The second-order valence-corrected chi connectivity index (χ2v) is 3.79. The highest BCUT2D eigenvalue weighted by Gasteiger charge is 2.16.